The fraction of sp³-hybridized carbons (Fsp3) is 0.319. The molecule has 0 saturated carbocycles. The number of allylic oxidation sites excluding steroid dienone is 2. The topological polar surface area (TPSA) is 287 Å². The van der Waals surface area contributed by atoms with Gasteiger partial charge in [-0.15, -0.1) is 0 Å². The maximum atomic E-state index is 13.8. The predicted molar refractivity (Wildman–Crippen MR) is 252 cm³/mol. The number of imidazole rings is 1. The van der Waals surface area contributed by atoms with E-state index in [9.17, 15) is 28.8 Å². The molecule has 7 heterocycles. The number of hydrogen-bond acceptors (Lipinski definition) is 14. The Kier molecular flexibility index (Phi) is 13.2. The van der Waals surface area contributed by atoms with E-state index in [-0.39, 0.29) is 73.8 Å². The van der Waals surface area contributed by atoms with Crippen molar-refractivity contribution in [3.8, 4) is 17.3 Å². The van der Waals surface area contributed by atoms with Crippen LogP contribution in [0.5, 0.6) is 5.75 Å². The quantitative estimate of drug-likeness (QED) is 0.0588. The van der Waals surface area contributed by atoms with Gasteiger partial charge < -0.3 is 34.7 Å². The molecule has 7 aromatic rings. The molecule has 0 spiro atoms. The van der Waals surface area contributed by atoms with Gasteiger partial charge in [-0.25, -0.2) is 24.9 Å². The molecule has 0 radical (unpaired) electrons. The lowest BCUT2D eigenvalue weighted by Gasteiger charge is -2.19. The van der Waals surface area contributed by atoms with E-state index in [1.54, 1.807) is 37.7 Å². The molecule has 5 N–H and O–H groups in total. The highest BCUT2D eigenvalue weighted by atomic mass is 16.5. The van der Waals surface area contributed by atoms with Crippen molar-refractivity contribution in [1.82, 2.24) is 53.6 Å². The zero-order valence-corrected chi connectivity index (χ0v) is 38.9. The fourth-order valence-corrected chi connectivity index (χ4v) is 8.30. The Morgan fingerprint density at radius 1 is 0.884 bits per heavy atom. The third-order valence-corrected chi connectivity index (χ3v) is 11.6. The number of anilines is 1. The van der Waals surface area contributed by atoms with Crippen molar-refractivity contribution in [2.45, 2.75) is 73.5 Å². The zero-order chi connectivity index (χ0) is 49.3. The van der Waals surface area contributed by atoms with Crippen LogP contribution in [0.2, 0.25) is 0 Å². The lowest BCUT2D eigenvalue weighted by atomic mass is 10.1. The third kappa shape index (κ3) is 9.40. The summed E-state index contributed by atoms with van der Waals surface area (Å²) < 4.78 is 17.5. The molecule has 22 heteroatoms. The van der Waals surface area contributed by atoms with Gasteiger partial charge in [-0.05, 0) is 57.9 Å². The zero-order valence-electron chi connectivity index (χ0n) is 38.9. The molecule has 0 bridgehead atoms. The molecule has 0 atom stereocenters. The van der Waals surface area contributed by atoms with E-state index in [2.05, 4.69) is 20.4 Å². The van der Waals surface area contributed by atoms with Crippen LogP contribution in [-0.4, -0.2) is 116 Å². The molecule has 6 aromatic heterocycles. The summed E-state index contributed by atoms with van der Waals surface area (Å²) in [6.07, 6.45) is 8.58. The van der Waals surface area contributed by atoms with E-state index >= 15 is 0 Å². The van der Waals surface area contributed by atoms with Crippen molar-refractivity contribution < 1.29 is 37.9 Å². The van der Waals surface area contributed by atoms with Gasteiger partial charge in [0.05, 0.1) is 34.7 Å². The number of rotatable bonds is 19. The number of pyridine rings is 1. The second kappa shape index (κ2) is 19.3. The Bertz CT molecular complexity index is 3280. The number of nitrogens with one attached hydrogen (secondary N) is 1. The summed E-state index contributed by atoms with van der Waals surface area (Å²) in [5, 5.41) is 8.83. The van der Waals surface area contributed by atoms with Gasteiger partial charge in [0, 0.05) is 87.8 Å². The molecular weight excluding hydrogens is 889 g/mol. The summed E-state index contributed by atoms with van der Waals surface area (Å²) in [4.78, 5) is 101. The lowest BCUT2D eigenvalue weighted by molar-refractivity contribution is -0.138. The average molecular weight is 939 g/mol. The van der Waals surface area contributed by atoms with E-state index in [1.807, 2.05) is 48.2 Å². The highest BCUT2D eigenvalue weighted by Crippen LogP contribution is 2.34. The number of amides is 6. The number of imide groups is 1. The number of carbonyl (C=O) groups is 6. The summed E-state index contributed by atoms with van der Waals surface area (Å²) in [6.45, 7) is 10.5. The van der Waals surface area contributed by atoms with Gasteiger partial charge >= 0.3 is 0 Å². The number of nitrogens with zero attached hydrogens (tertiary/aromatic N) is 11. The molecular formula is C47H50N14O8. The van der Waals surface area contributed by atoms with Gasteiger partial charge in [-0.1, -0.05) is 19.1 Å². The number of oxazole rings is 1. The molecule has 6 amide bonds. The first kappa shape index (κ1) is 47.0. The molecule has 0 fully saturated rings. The number of aromatic nitrogens is 9. The molecule has 0 aliphatic carbocycles. The van der Waals surface area contributed by atoms with E-state index in [0.29, 0.717) is 69.9 Å². The van der Waals surface area contributed by atoms with Gasteiger partial charge in [0.25, 0.3) is 23.6 Å². The second-order valence-electron chi connectivity index (χ2n) is 16.4. The summed E-state index contributed by atoms with van der Waals surface area (Å²) in [5.41, 5.74) is 16.3. The highest BCUT2D eigenvalue weighted by Gasteiger charge is 2.26. The Morgan fingerprint density at radius 2 is 1.62 bits per heavy atom. The number of fused-ring (bicyclic) bond motifs is 4. The first-order valence-corrected chi connectivity index (χ1v) is 22.2. The van der Waals surface area contributed by atoms with E-state index in [4.69, 9.17) is 35.6 Å². The number of nitrogens with two attached hydrogens (primary N) is 2. The predicted octanol–water partition coefficient (Wildman–Crippen LogP) is 3.94. The van der Waals surface area contributed by atoms with Crippen LogP contribution in [0.15, 0.2) is 59.2 Å². The van der Waals surface area contributed by atoms with Crippen LogP contribution >= 0.6 is 0 Å². The van der Waals surface area contributed by atoms with Crippen LogP contribution < -0.4 is 21.5 Å². The molecule has 1 aromatic carbocycles. The van der Waals surface area contributed by atoms with E-state index in [1.165, 1.54) is 29.2 Å². The Balaban J connectivity index is 1.12. The number of carbonyl (C=O) groups excluding carboxylic acids is 6. The standard InChI is InChI=1S/C47H50N14O8/c1-7-31-41(69-27(5)52-31)46(67)55-47-53-32-21-28(42(48)65)22-35(68-19-11-15-57(6)36(62)14-18-58-37(63)12-13-38(58)64)40(32)60(47)17-10-9-16-59-39-26(4)51-33(43(49)66)23-29(39)30-24-50-44(54-45(30)59)34-20-25(3)56-61(34)8-2/h9-10,12-13,20-24H,7-8,11,14-19H2,1-6H3,(H2,48,65)(H2,49,66)(H,53,55,67)/b10-9+. The molecule has 356 valence electrons. The monoisotopic (exact) mass is 938 g/mol. The summed E-state index contributed by atoms with van der Waals surface area (Å²) in [7, 11) is 1.61. The fourth-order valence-electron chi connectivity index (χ4n) is 8.30. The molecule has 0 saturated heterocycles. The minimum absolute atomic E-state index is 0.0285. The van der Waals surface area contributed by atoms with Crippen LogP contribution in [0, 0.1) is 20.8 Å². The number of hydrogen-bond donors (Lipinski definition) is 3. The number of aryl methyl sites for hydroxylation is 5. The molecule has 1 aliphatic rings. The van der Waals surface area contributed by atoms with Crippen molar-refractivity contribution in [3.05, 3.63) is 94.8 Å². The Morgan fingerprint density at radius 3 is 2.32 bits per heavy atom. The van der Waals surface area contributed by atoms with Gasteiger partial charge in [-0.2, -0.15) is 5.10 Å². The minimum atomic E-state index is -0.734. The number of ether oxygens (including phenoxy) is 1. The van der Waals surface area contributed by atoms with Crippen LogP contribution in [0.1, 0.15) is 81.1 Å². The van der Waals surface area contributed by atoms with Crippen molar-refractivity contribution >= 4 is 74.4 Å². The van der Waals surface area contributed by atoms with Crippen LogP contribution in [-0.2, 0) is 40.4 Å². The van der Waals surface area contributed by atoms with Crippen molar-refractivity contribution in [3.63, 3.8) is 0 Å². The number of benzene rings is 1. The van der Waals surface area contributed by atoms with Gasteiger partial charge in [0.1, 0.15) is 28.3 Å². The Labute approximate surface area is 394 Å². The minimum Gasteiger partial charge on any atom is -0.491 e. The number of primary amides is 2. The first-order chi connectivity index (χ1) is 33.1. The van der Waals surface area contributed by atoms with Crippen LogP contribution in [0.4, 0.5) is 5.95 Å². The summed E-state index contributed by atoms with van der Waals surface area (Å²) >= 11 is 0. The molecule has 1 aliphatic heterocycles. The van der Waals surface area contributed by atoms with Crippen molar-refractivity contribution in [1.29, 1.82) is 0 Å². The van der Waals surface area contributed by atoms with Gasteiger partial charge in [0.2, 0.25) is 23.5 Å². The molecule has 22 nitrogen and oxygen atoms in total. The molecule has 0 unspecified atom stereocenters. The third-order valence-electron chi connectivity index (χ3n) is 11.6. The largest absolute Gasteiger partial charge is 0.491 e. The maximum absolute atomic E-state index is 13.8. The Hall–Kier alpha value is -8.56. The van der Waals surface area contributed by atoms with Crippen molar-refractivity contribution in [2.75, 3.05) is 32.1 Å². The van der Waals surface area contributed by atoms with Gasteiger partial charge in [0.15, 0.2) is 11.7 Å². The molecule has 69 heavy (non-hydrogen) atoms. The first-order valence-electron chi connectivity index (χ1n) is 22.2. The highest BCUT2D eigenvalue weighted by molar-refractivity contribution is 6.13. The smallest absolute Gasteiger partial charge is 0.295 e. The van der Waals surface area contributed by atoms with E-state index < -0.39 is 29.5 Å². The second-order valence-corrected chi connectivity index (χ2v) is 16.4. The van der Waals surface area contributed by atoms with Gasteiger partial charge in [-0.3, -0.25) is 43.7 Å². The van der Waals surface area contributed by atoms with Crippen LogP contribution in [0.25, 0.3) is 44.5 Å². The molecule has 8 rings (SSSR count). The van der Waals surface area contributed by atoms with E-state index in [0.717, 1.165) is 21.8 Å². The summed E-state index contributed by atoms with van der Waals surface area (Å²) in [6, 6.07) is 6.56. The summed E-state index contributed by atoms with van der Waals surface area (Å²) in [5.74, 6) is -2.03. The normalized spacial score (nSPS) is 12.7. The maximum Gasteiger partial charge on any atom is 0.295 e. The van der Waals surface area contributed by atoms with Crippen molar-refractivity contribution in [2.24, 2.45) is 11.5 Å². The average Bonchev–Trinajstić information content (AvgIpc) is 4.14. The SMILES string of the molecule is CCc1nc(C)oc1C(=O)Nc1nc2cc(C(N)=O)cc(OCCCN(C)C(=O)CCN3C(=O)C=CC3=O)c2n1C/C=C/Cn1c2nc(-c3cc(C)nn3CC)ncc2c2cc(C(N)=O)nc(C)c21. The van der Waals surface area contributed by atoms with Crippen LogP contribution in [0.3, 0.4) is 0 Å². The lowest BCUT2D eigenvalue weighted by Crippen LogP contribution is -2.36.